The molecule has 8 atom stereocenters. The van der Waals surface area contributed by atoms with Gasteiger partial charge in [-0.2, -0.15) is 0 Å². The molecule has 0 spiro atoms. The molecule has 4 saturated carbocycles. The number of carbonyl (C=O) groups excluding carboxylic acids is 1. The average molecular weight is 466 g/mol. The van der Waals surface area contributed by atoms with Gasteiger partial charge in [-0.1, -0.05) is 39.3 Å². The maximum atomic E-state index is 13.8. The summed E-state index contributed by atoms with van der Waals surface area (Å²) in [5.41, 5.74) is 22.8. The number of fused-ring (bicyclic) bond motifs is 6. The van der Waals surface area contributed by atoms with Gasteiger partial charge in [0, 0.05) is 17.0 Å². The van der Waals surface area contributed by atoms with Gasteiger partial charge in [-0.05, 0) is 92.1 Å². The van der Waals surface area contributed by atoms with Gasteiger partial charge in [-0.15, -0.1) is 5.53 Å². The molecule has 4 fully saturated rings. The third kappa shape index (κ3) is 2.82. The summed E-state index contributed by atoms with van der Waals surface area (Å²) in [5.74, 6) is 2.13. The topological polar surface area (TPSA) is 96.4 Å². The number of carbonyl (C=O) groups is 1. The Morgan fingerprint density at radius 1 is 1.00 bits per heavy atom. The summed E-state index contributed by atoms with van der Waals surface area (Å²) in [4.78, 5) is 13.8. The Labute approximate surface area is 204 Å². The molecule has 0 bridgehead atoms. The SMILES string of the molecule is CC1CCC2(C)C(CCC3[C@]2(N)CC[C@]2(C)C(C(=O)CN4NNc5ccccc54)CC[C@@]32N)C1. The molecule has 6 N–H and O–H groups in total. The summed E-state index contributed by atoms with van der Waals surface area (Å²) >= 11 is 0. The number of anilines is 2. The van der Waals surface area contributed by atoms with E-state index in [9.17, 15) is 4.79 Å². The van der Waals surface area contributed by atoms with E-state index in [-0.39, 0.29) is 27.8 Å². The molecule has 6 nitrogen and oxygen atoms in total. The molecule has 0 amide bonds. The molecule has 1 aromatic rings. The molecule has 5 unspecified atom stereocenters. The maximum Gasteiger partial charge on any atom is 0.157 e. The Bertz CT molecular complexity index is 999. The van der Waals surface area contributed by atoms with E-state index in [1.807, 2.05) is 29.3 Å². The lowest BCUT2D eigenvalue weighted by molar-refractivity contribution is -0.150. The fourth-order valence-electron chi connectivity index (χ4n) is 9.53. The molecule has 5 aliphatic rings. The number of hydrogen-bond acceptors (Lipinski definition) is 6. The first kappa shape index (κ1) is 22.8. The smallest absolute Gasteiger partial charge is 0.157 e. The highest BCUT2D eigenvalue weighted by molar-refractivity contribution is 5.89. The van der Waals surface area contributed by atoms with Crippen molar-refractivity contribution >= 4 is 17.2 Å². The third-order valence-electron chi connectivity index (χ3n) is 11.8. The molecule has 6 heteroatoms. The molecular formula is C28H43N5O. The van der Waals surface area contributed by atoms with Crippen LogP contribution in [0.25, 0.3) is 0 Å². The maximum absolute atomic E-state index is 13.8. The van der Waals surface area contributed by atoms with Crippen LogP contribution in [-0.2, 0) is 4.79 Å². The van der Waals surface area contributed by atoms with Crippen LogP contribution < -0.4 is 27.4 Å². The molecular weight excluding hydrogens is 422 g/mol. The van der Waals surface area contributed by atoms with Crippen molar-refractivity contribution in [2.24, 2.45) is 46.0 Å². The van der Waals surface area contributed by atoms with E-state index in [2.05, 4.69) is 31.7 Å². The fourth-order valence-corrected chi connectivity index (χ4v) is 9.53. The monoisotopic (exact) mass is 465 g/mol. The lowest BCUT2D eigenvalue weighted by Crippen LogP contribution is -2.77. The zero-order chi connectivity index (χ0) is 23.9. The zero-order valence-corrected chi connectivity index (χ0v) is 21.2. The van der Waals surface area contributed by atoms with Gasteiger partial charge in [0.2, 0.25) is 0 Å². The summed E-state index contributed by atoms with van der Waals surface area (Å²) in [7, 11) is 0. The Kier molecular flexibility index (Phi) is 4.99. The summed E-state index contributed by atoms with van der Waals surface area (Å²) in [6.45, 7) is 7.58. The highest BCUT2D eigenvalue weighted by Crippen LogP contribution is 2.69. The second-order valence-electron chi connectivity index (χ2n) is 13.0. The first-order valence-electron chi connectivity index (χ1n) is 13.6. The van der Waals surface area contributed by atoms with E-state index in [1.165, 1.54) is 25.7 Å². The number of para-hydroxylation sites is 2. The van der Waals surface area contributed by atoms with Gasteiger partial charge in [-0.3, -0.25) is 9.80 Å². The summed E-state index contributed by atoms with van der Waals surface area (Å²) in [6.07, 6.45) is 9.98. The van der Waals surface area contributed by atoms with Crippen LogP contribution in [0, 0.1) is 34.5 Å². The Balaban J connectivity index is 1.26. The van der Waals surface area contributed by atoms with Gasteiger partial charge in [0.25, 0.3) is 0 Å². The van der Waals surface area contributed by atoms with Crippen molar-refractivity contribution in [3.05, 3.63) is 24.3 Å². The van der Waals surface area contributed by atoms with E-state index in [1.54, 1.807) is 0 Å². The minimum atomic E-state index is -0.355. The van der Waals surface area contributed by atoms with Crippen LogP contribution >= 0.6 is 0 Å². The van der Waals surface area contributed by atoms with E-state index < -0.39 is 0 Å². The van der Waals surface area contributed by atoms with Crippen LogP contribution in [0.15, 0.2) is 24.3 Å². The van der Waals surface area contributed by atoms with Gasteiger partial charge < -0.3 is 16.9 Å². The number of nitrogens with two attached hydrogens (primary N) is 2. The molecule has 0 saturated heterocycles. The first-order valence-corrected chi connectivity index (χ1v) is 13.6. The Morgan fingerprint density at radius 2 is 1.76 bits per heavy atom. The number of benzene rings is 1. The van der Waals surface area contributed by atoms with Gasteiger partial charge in [0.15, 0.2) is 5.78 Å². The van der Waals surface area contributed by atoms with E-state index in [0.29, 0.717) is 18.2 Å². The van der Waals surface area contributed by atoms with Gasteiger partial charge >= 0.3 is 0 Å². The van der Waals surface area contributed by atoms with E-state index in [4.69, 9.17) is 11.5 Å². The summed E-state index contributed by atoms with van der Waals surface area (Å²) in [6, 6.07) is 8.09. The summed E-state index contributed by atoms with van der Waals surface area (Å²) < 4.78 is 0. The molecule has 1 aromatic carbocycles. The highest BCUT2D eigenvalue weighted by Gasteiger charge is 2.71. The minimum absolute atomic E-state index is 0.00600. The van der Waals surface area contributed by atoms with Gasteiger partial charge in [0.1, 0.15) is 0 Å². The average Bonchev–Trinajstić information content (AvgIpc) is 3.33. The van der Waals surface area contributed by atoms with Crippen LogP contribution in [0.1, 0.15) is 78.6 Å². The standard InChI is InChI=1S/C28H43N5O/c1-18-10-12-25(2)19(16-18)8-9-24-27(29)13-11-20(26(27,3)14-15-28(24,25)30)23(34)17-33-22-7-5-4-6-21(22)31-32-33/h4-7,18-20,24,31-32H,8-17,29-30H2,1-3H3/t18?,19?,20?,24?,25?,26-,27-,28-/m1/s1. The van der Waals surface area contributed by atoms with Crippen molar-refractivity contribution in [3.8, 4) is 0 Å². The molecule has 34 heavy (non-hydrogen) atoms. The molecule has 0 aromatic heterocycles. The number of ketones is 1. The van der Waals surface area contributed by atoms with Crippen molar-refractivity contribution in [2.45, 2.75) is 89.6 Å². The van der Waals surface area contributed by atoms with Crippen LogP contribution in [0.3, 0.4) is 0 Å². The zero-order valence-electron chi connectivity index (χ0n) is 21.2. The number of nitrogens with zero attached hydrogens (tertiary/aromatic N) is 1. The van der Waals surface area contributed by atoms with Crippen molar-refractivity contribution < 1.29 is 4.79 Å². The molecule has 1 heterocycles. The second kappa shape index (κ2) is 7.44. The summed E-state index contributed by atoms with van der Waals surface area (Å²) in [5, 5.41) is 1.95. The normalized spacial score (nSPS) is 47.3. The molecule has 4 aliphatic carbocycles. The molecule has 0 radical (unpaired) electrons. The van der Waals surface area contributed by atoms with Crippen molar-refractivity contribution in [3.63, 3.8) is 0 Å². The molecule has 1 aliphatic heterocycles. The lowest BCUT2D eigenvalue weighted by atomic mass is 9.39. The van der Waals surface area contributed by atoms with Crippen LogP contribution in [0.5, 0.6) is 0 Å². The van der Waals surface area contributed by atoms with Crippen LogP contribution in [0.4, 0.5) is 11.4 Å². The lowest BCUT2D eigenvalue weighted by Gasteiger charge is -2.69. The number of Topliss-reactive ketones (excluding diaryl/α,β-unsaturated/α-hetero) is 1. The molecule has 186 valence electrons. The second-order valence-corrected chi connectivity index (χ2v) is 13.0. The number of nitrogens with one attached hydrogen (secondary N) is 2. The Morgan fingerprint density at radius 3 is 2.59 bits per heavy atom. The fraction of sp³-hybridized carbons (Fsp3) is 0.750. The largest absolute Gasteiger partial charge is 0.324 e. The van der Waals surface area contributed by atoms with Crippen molar-refractivity contribution in [2.75, 3.05) is 17.0 Å². The number of hydrogen-bond donors (Lipinski definition) is 4. The van der Waals surface area contributed by atoms with E-state index in [0.717, 1.165) is 55.3 Å². The number of hydrazine groups is 2. The van der Waals surface area contributed by atoms with Gasteiger partial charge in [-0.25, -0.2) is 0 Å². The predicted molar refractivity (Wildman–Crippen MR) is 137 cm³/mol. The van der Waals surface area contributed by atoms with Crippen molar-refractivity contribution in [1.82, 2.24) is 5.53 Å². The Hall–Kier alpha value is -1.63. The van der Waals surface area contributed by atoms with E-state index >= 15 is 0 Å². The highest BCUT2D eigenvalue weighted by atomic mass is 16.1. The van der Waals surface area contributed by atoms with Gasteiger partial charge in [0.05, 0.1) is 17.9 Å². The predicted octanol–water partition coefficient (Wildman–Crippen LogP) is 4.36. The third-order valence-corrected chi connectivity index (χ3v) is 11.8. The first-order chi connectivity index (χ1) is 16.1. The number of rotatable bonds is 3. The molecule has 6 rings (SSSR count). The van der Waals surface area contributed by atoms with Crippen LogP contribution in [0.2, 0.25) is 0 Å². The quantitative estimate of drug-likeness (QED) is 0.530. The minimum Gasteiger partial charge on any atom is -0.324 e. The van der Waals surface area contributed by atoms with Crippen molar-refractivity contribution in [1.29, 1.82) is 0 Å². The van der Waals surface area contributed by atoms with Crippen LogP contribution in [-0.4, -0.2) is 23.4 Å².